The van der Waals surface area contributed by atoms with Crippen LogP contribution in [0, 0.1) is 0 Å². The van der Waals surface area contributed by atoms with Crippen molar-refractivity contribution in [3.8, 4) is 0 Å². The summed E-state index contributed by atoms with van der Waals surface area (Å²) in [5.41, 5.74) is 6.38. The third-order valence-electron chi connectivity index (χ3n) is 8.48. The van der Waals surface area contributed by atoms with Crippen LogP contribution in [0.1, 0.15) is 80.9 Å². The summed E-state index contributed by atoms with van der Waals surface area (Å²) in [7, 11) is 3.90. The maximum Gasteiger partial charge on any atom is 0.410 e. The van der Waals surface area contributed by atoms with Crippen LogP contribution < -0.4 is 10.2 Å². The Bertz CT molecular complexity index is 1450. The first-order chi connectivity index (χ1) is 19.8. The van der Waals surface area contributed by atoms with Gasteiger partial charge in [-0.05, 0) is 44.4 Å². The highest BCUT2D eigenvalue weighted by Gasteiger charge is 2.33. The van der Waals surface area contributed by atoms with Gasteiger partial charge in [0.15, 0.2) is 0 Å². The van der Waals surface area contributed by atoms with Crippen LogP contribution in [0.15, 0.2) is 18.2 Å². The van der Waals surface area contributed by atoms with Gasteiger partial charge in [-0.1, -0.05) is 13.8 Å². The number of carbonyl (C=O) groups excluding carboxylic acids is 3. The monoisotopic (exact) mass is 563 g/mol. The Hall–Kier alpha value is -3.89. The van der Waals surface area contributed by atoms with E-state index in [1.807, 2.05) is 44.2 Å². The quantitative estimate of drug-likeness (QED) is 0.481. The van der Waals surface area contributed by atoms with Gasteiger partial charge in [0.2, 0.25) is 11.8 Å². The molecule has 2 saturated heterocycles. The second kappa shape index (κ2) is 11.9. The number of nitrogens with zero attached hydrogens (tertiary/aromatic N) is 6. The van der Waals surface area contributed by atoms with Crippen molar-refractivity contribution in [1.29, 1.82) is 0 Å². The Kier molecular flexibility index (Phi) is 8.32. The molecule has 3 aliphatic heterocycles. The number of nitrogens with one attached hydrogen (secondary N) is 1. The number of aromatic nitrogens is 4. The molecule has 2 fully saturated rings. The lowest BCUT2D eigenvalue weighted by atomic mass is 9.89. The molecule has 3 aromatic rings. The molecule has 1 N–H and O–H groups in total. The molecule has 41 heavy (non-hydrogen) atoms. The molecule has 0 bridgehead atoms. The van der Waals surface area contributed by atoms with E-state index < -0.39 is 5.92 Å². The lowest BCUT2D eigenvalue weighted by Crippen LogP contribution is -2.39. The van der Waals surface area contributed by atoms with Gasteiger partial charge >= 0.3 is 6.09 Å². The molecule has 0 aliphatic carbocycles. The van der Waals surface area contributed by atoms with Crippen LogP contribution in [-0.2, 0) is 41.4 Å². The molecule has 2 aromatic heterocycles. The van der Waals surface area contributed by atoms with Crippen LogP contribution in [0.25, 0.3) is 10.9 Å². The molecule has 0 saturated carbocycles. The van der Waals surface area contributed by atoms with Gasteiger partial charge in [-0.3, -0.25) is 24.3 Å². The normalized spacial score (nSPS) is 19.5. The van der Waals surface area contributed by atoms with Gasteiger partial charge in [0.1, 0.15) is 0 Å². The number of fused-ring (bicyclic) bond motifs is 2. The van der Waals surface area contributed by atoms with Crippen molar-refractivity contribution in [3.63, 3.8) is 0 Å². The number of piperidine rings is 2. The highest BCUT2D eigenvalue weighted by atomic mass is 16.6. The van der Waals surface area contributed by atoms with Gasteiger partial charge in [-0.15, -0.1) is 0 Å². The number of imide groups is 1. The Morgan fingerprint density at radius 3 is 2.44 bits per heavy atom. The number of benzene rings is 1. The Morgan fingerprint density at radius 2 is 1.73 bits per heavy atom. The molecule has 0 radical (unpaired) electrons. The van der Waals surface area contributed by atoms with Crippen molar-refractivity contribution in [2.45, 2.75) is 71.3 Å². The van der Waals surface area contributed by atoms with Crippen molar-refractivity contribution in [2.75, 3.05) is 31.1 Å². The highest BCUT2D eigenvalue weighted by molar-refractivity contribution is 6.02. The van der Waals surface area contributed by atoms with Gasteiger partial charge in [0.05, 0.1) is 36.0 Å². The molecule has 1 atom stereocenters. The standard InChI is InChI=1S/C28H35N7O4.C2H6/c1-4-39-28(38)35-14-11-22-21(16-35)25(30-32(22)2)17-9-12-34(13-10-17)18-5-6-19-23(15-18)33(3)31-26(19)20-7-8-24(36)29-27(20)37;1-2/h5-6,15,17,20H,4,7-14,16H2,1-3H3,(H,29,36,37);1-2H3. The third kappa shape index (κ3) is 5.41. The van der Waals surface area contributed by atoms with E-state index in [2.05, 4.69) is 33.5 Å². The summed E-state index contributed by atoms with van der Waals surface area (Å²) in [5.74, 6) is -0.542. The molecular weight excluding hydrogens is 522 g/mol. The number of anilines is 1. The van der Waals surface area contributed by atoms with Crippen molar-refractivity contribution in [3.05, 3.63) is 40.8 Å². The average Bonchev–Trinajstić information content (AvgIpc) is 3.50. The summed E-state index contributed by atoms with van der Waals surface area (Å²) in [6.07, 6.45) is 3.32. The zero-order valence-corrected chi connectivity index (χ0v) is 24.8. The smallest absolute Gasteiger partial charge is 0.410 e. The van der Waals surface area contributed by atoms with Gasteiger partial charge in [0.25, 0.3) is 0 Å². The SMILES string of the molecule is CC.CCOC(=O)N1CCc2c(c(C3CCN(c4ccc5c(C6CCC(=O)NC6=O)nn(C)c5c4)CC3)nn2C)C1. The van der Waals surface area contributed by atoms with Crippen LogP contribution in [-0.4, -0.2) is 68.6 Å². The van der Waals surface area contributed by atoms with E-state index in [0.717, 1.165) is 60.3 Å². The topological polar surface area (TPSA) is 115 Å². The largest absolute Gasteiger partial charge is 0.450 e. The molecule has 0 spiro atoms. The van der Waals surface area contributed by atoms with Gasteiger partial charge in [0, 0.05) is 74.8 Å². The second-order valence-electron chi connectivity index (χ2n) is 10.8. The average molecular weight is 564 g/mol. The van der Waals surface area contributed by atoms with Crippen molar-refractivity contribution in [1.82, 2.24) is 29.8 Å². The summed E-state index contributed by atoms with van der Waals surface area (Å²) in [5, 5.41) is 13.0. The first-order valence-corrected chi connectivity index (χ1v) is 14.9. The fourth-order valence-corrected chi connectivity index (χ4v) is 6.41. The lowest BCUT2D eigenvalue weighted by Gasteiger charge is -2.34. The molecule has 5 heterocycles. The summed E-state index contributed by atoms with van der Waals surface area (Å²) in [6.45, 7) is 9.24. The van der Waals surface area contributed by atoms with Crippen LogP contribution in [0.5, 0.6) is 0 Å². The zero-order chi connectivity index (χ0) is 29.3. The van der Waals surface area contributed by atoms with E-state index in [1.54, 1.807) is 4.90 Å². The first kappa shape index (κ1) is 28.6. The van der Waals surface area contributed by atoms with E-state index in [-0.39, 0.29) is 17.9 Å². The minimum Gasteiger partial charge on any atom is -0.450 e. The van der Waals surface area contributed by atoms with Crippen molar-refractivity contribution < 1.29 is 19.1 Å². The molecular formula is C30H41N7O4. The minimum absolute atomic E-state index is 0.218. The number of hydrogen-bond donors (Lipinski definition) is 1. The Morgan fingerprint density at radius 1 is 1.00 bits per heavy atom. The number of ether oxygens (including phenoxy) is 1. The predicted octanol–water partition coefficient (Wildman–Crippen LogP) is 3.75. The van der Waals surface area contributed by atoms with Gasteiger partial charge in [-0.25, -0.2) is 4.79 Å². The highest BCUT2D eigenvalue weighted by Crippen LogP contribution is 2.37. The number of rotatable bonds is 4. The second-order valence-corrected chi connectivity index (χ2v) is 10.8. The number of aryl methyl sites for hydroxylation is 2. The van der Waals surface area contributed by atoms with Crippen molar-refractivity contribution in [2.24, 2.45) is 14.1 Å². The van der Waals surface area contributed by atoms with Crippen LogP contribution in [0.3, 0.4) is 0 Å². The number of amides is 3. The van der Waals surface area contributed by atoms with Crippen LogP contribution in [0.4, 0.5) is 10.5 Å². The maximum absolute atomic E-state index is 12.5. The molecule has 1 unspecified atom stereocenters. The number of hydrogen-bond acceptors (Lipinski definition) is 7. The minimum atomic E-state index is -0.406. The molecule has 11 nitrogen and oxygen atoms in total. The van der Waals surface area contributed by atoms with Crippen LogP contribution >= 0.6 is 0 Å². The third-order valence-corrected chi connectivity index (χ3v) is 8.48. The van der Waals surface area contributed by atoms with E-state index >= 15 is 0 Å². The molecule has 3 aliphatic rings. The molecule has 3 amide bonds. The summed E-state index contributed by atoms with van der Waals surface area (Å²) >= 11 is 0. The maximum atomic E-state index is 12.5. The van der Waals surface area contributed by atoms with E-state index in [1.165, 1.54) is 11.3 Å². The van der Waals surface area contributed by atoms with Crippen LogP contribution in [0.2, 0.25) is 0 Å². The lowest BCUT2D eigenvalue weighted by molar-refractivity contribution is -0.134. The Balaban J connectivity index is 0.00000165. The summed E-state index contributed by atoms with van der Waals surface area (Å²) < 4.78 is 9.08. The summed E-state index contributed by atoms with van der Waals surface area (Å²) in [6, 6.07) is 6.32. The predicted molar refractivity (Wildman–Crippen MR) is 156 cm³/mol. The summed E-state index contributed by atoms with van der Waals surface area (Å²) in [4.78, 5) is 40.6. The van der Waals surface area contributed by atoms with E-state index in [4.69, 9.17) is 9.84 Å². The molecule has 220 valence electrons. The fourth-order valence-electron chi connectivity index (χ4n) is 6.41. The van der Waals surface area contributed by atoms with Crippen molar-refractivity contribution >= 4 is 34.5 Å². The molecule has 11 heteroatoms. The first-order valence-electron chi connectivity index (χ1n) is 14.9. The Labute approximate surface area is 240 Å². The molecule has 6 rings (SSSR count). The van der Waals surface area contributed by atoms with E-state index in [9.17, 15) is 14.4 Å². The zero-order valence-electron chi connectivity index (χ0n) is 24.8. The van der Waals surface area contributed by atoms with Gasteiger partial charge < -0.3 is 14.5 Å². The molecule has 1 aromatic carbocycles. The number of carbonyl (C=O) groups is 3. The van der Waals surface area contributed by atoms with E-state index in [0.29, 0.717) is 38.5 Å². The fraction of sp³-hybridized carbons (Fsp3) is 0.567. The van der Waals surface area contributed by atoms with Gasteiger partial charge in [-0.2, -0.15) is 10.2 Å².